The number of piperidine rings is 2. The summed E-state index contributed by atoms with van der Waals surface area (Å²) in [7, 11) is -4.02. The summed E-state index contributed by atoms with van der Waals surface area (Å²) < 4.78 is 55.0. The van der Waals surface area contributed by atoms with Crippen LogP contribution in [0.4, 0.5) is 15.1 Å². The number of benzene rings is 2. The molecule has 0 unspecified atom stereocenters. The normalized spacial score (nSPS) is 19.3. The largest absolute Gasteiger partial charge is 0.490 e. The zero-order chi connectivity index (χ0) is 34.8. The molecule has 48 heavy (non-hydrogen) atoms. The van der Waals surface area contributed by atoms with Gasteiger partial charge in [-0.15, -0.1) is 0 Å². The molecule has 2 aliphatic heterocycles. The summed E-state index contributed by atoms with van der Waals surface area (Å²) in [6.45, 7) is 11.2. The van der Waals surface area contributed by atoms with Crippen LogP contribution in [0.25, 0.3) is 0 Å². The Balaban J connectivity index is 0.000000401. The third kappa shape index (κ3) is 10.6. The summed E-state index contributed by atoms with van der Waals surface area (Å²) in [6, 6.07) is 12.7. The highest BCUT2D eigenvalue weighted by atomic mass is 32.2. The molecule has 3 aromatic rings. The van der Waals surface area contributed by atoms with E-state index in [9.17, 15) is 17.6 Å². The number of anilines is 1. The molecule has 3 N–H and O–H groups in total. The fourth-order valence-electron chi connectivity index (χ4n) is 6.11. The van der Waals surface area contributed by atoms with Crippen LogP contribution in [-0.2, 0) is 14.9 Å². The number of halogens is 1. The van der Waals surface area contributed by atoms with Crippen LogP contribution in [-0.4, -0.2) is 78.9 Å². The van der Waals surface area contributed by atoms with E-state index in [4.69, 9.17) is 19.8 Å². The average Bonchev–Trinajstić information content (AvgIpc) is 3.05. The molecule has 3 atom stereocenters. The smallest absolute Gasteiger partial charge is 0.410 e. The monoisotopic (exact) mass is 685 g/mol. The number of hydrogen-bond acceptors (Lipinski definition) is 9. The van der Waals surface area contributed by atoms with Gasteiger partial charge in [0.05, 0.1) is 30.0 Å². The van der Waals surface area contributed by atoms with Crippen molar-refractivity contribution in [3.63, 3.8) is 0 Å². The zero-order valence-corrected chi connectivity index (χ0v) is 29.0. The lowest BCUT2D eigenvalue weighted by molar-refractivity contribution is 0.0596. The fourth-order valence-corrected chi connectivity index (χ4v) is 6.59. The van der Waals surface area contributed by atoms with E-state index in [0.29, 0.717) is 42.2 Å². The minimum Gasteiger partial charge on any atom is -0.490 e. The van der Waals surface area contributed by atoms with Gasteiger partial charge >= 0.3 is 6.09 Å². The van der Waals surface area contributed by atoms with E-state index < -0.39 is 10.1 Å². The Kier molecular flexibility index (Phi) is 13.1. The Morgan fingerprint density at radius 3 is 2.25 bits per heavy atom. The fraction of sp³-hybridized carbons (Fsp3) is 0.514. The van der Waals surface area contributed by atoms with Crippen molar-refractivity contribution in [2.45, 2.75) is 76.3 Å². The molecule has 262 valence electrons. The Labute approximate surface area is 283 Å². The van der Waals surface area contributed by atoms with Crippen LogP contribution in [0.2, 0.25) is 0 Å². The molecule has 3 heterocycles. The Morgan fingerprint density at radius 2 is 1.67 bits per heavy atom. The van der Waals surface area contributed by atoms with Gasteiger partial charge in [0.2, 0.25) is 5.95 Å². The molecule has 5 rings (SSSR count). The summed E-state index contributed by atoms with van der Waals surface area (Å²) >= 11 is 0. The second-order valence-electron chi connectivity index (χ2n) is 12.9. The van der Waals surface area contributed by atoms with E-state index in [2.05, 4.69) is 21.8 Å². The van der Waals surface area contributed by atoms with E-state index >= 15 is 0 Å². The SMILES string of the molecule is CC(C)OC(=O)N1CCC([C@H](C)CCOc2cnc(N3CC[C@@H](c4ccccc4F)[C@H](N)C3)nc2)CC1.Cc1ccc(S(=O)(=O)O)cc1. The first-order chi connectivity index (χ1) is 22.8. The molecule has 11 nitrogen and oxygen atoms in total. The number of aryl methyl sites for hydroxylation is 1. The highest BCUT2D eigenvalue weighted by Crippen LogP contribution is 2.31. The number of rotatable bonds is 9. The number of hydrogen-bond donors (Lipinski definition) is 2. The molecular formula is C35H48FN5O6S. The van der Waals surface area contributed by atoms with Crippen LogP contribution in [0, 0.1) is 24.6 Å². The maximum atomic E-state index is 14.2. The number of nitrogens with two attached hydrogens (primary N) is 1. The first kappa shape index (κ1) is 37.0. The number of nitrogens with zero attached hydrogens (tertiary/aromatic N) is 4. The maximum Gasteiger partial charge on any atom is 0.410 e. The van der Waals surface area contributed by atoms with Crippen LogP contribution in [0.15, 0.2) is 65.8 Å². The van der Waals surface area contributed by atoms with E-state index in [1.54, 1.807) is 30.6 Å². The molecule has 1 aromatic heterocycles. The van der Waals surface area contributed by atoms with Gasteiger partial charge in [-0.3, -0.25) is 4.55 Å². The minimum absolute atomic E-state index is 0.0110. The molecule has 2 aromatic carbocycles. The number of ether oxygens (including phenoxy) is 2. The van der Waals surface area contributed by atoms with Crippen molar-refractivity contribution in [3.05, 3.63) is 77.9 Å². The summed E-state index contributed by atoms with van der Waals surface area (Å²) in [5, 5.41) is 0. The predicted molar refractivity (Wildman–Crippen MR) is 182 cm³/mol. The van der Waals surface area contributed by atoms with Crippen LogP contribution < -0.4 is 15.4 Å². The molecule has 2 fully saturated rings. The van der Waals surface area contributed by atoms with Crippen LogP contribution in [0.1, 0.15) is 63.5 Å². The summed E-state index contributed by atoms with van der Waals surface area (Å²) in [5.74, 6) is 2.13. The first-order valence-corrected chi connectivity index (χ1v) is 17.9. The molecule has 2 aliphatic rings. The van der Waals surface area contributed by atoms with E-state index in [-0.39, 0.29) is 34.9 Å². The van der Waals surface area contributed by atoms with Gasteiger partial charge in [-0.25, -0.2) is 19.2 Å². The lowest BCUT2D eigenvalue weighted by Crippen LogP contribution is -2.48. The molecule has 0 spiro atoms. The number of aromatic nitrogens is 2. The second kappa shape index (κ2) is 17.0. The molecule has 0 saturated carbocycles. The van der Waals surface area contributed by atoms with E-state index in [0.717, 1.165) is 50.9 Å². The van der Waals surface area contributed by atoms with Crippen molar-refractivity contribution in [3.8, 4) is 5.75 Å². The van der Waals surface area contributed by atoms with Crippen molar-refractivity contribution in [1.29, 1.82) is 0 Å². The number of carbonyl (C=O) groups is 1. The van der Waals surface area contributed by atoms with Crippen molar-refractivity contribution < 1.29 is 31.6 Å². The summed E-state index contributed by atoms with van der Waals surface area (Å²) in [4.78, 5) is 24.9. The predicted octanol–water partition coefficient (Wildman–Crippen LogP) is 5.84. The maximum absolute atomic E-state index is 14.2. The lowest BCUT2D eigenvalue weighted by Gasteiger charge is -2.37. The highest BCUT2D eigenvalue weighted by Gasteiger charge is 2.31. The molecule has 0 aliphatic carbocycles. The number of carbonyl (C=O) groups excluding carboxylic acids is 1. The standard InChI is InChI=1S/C28H40FN5O3.C7H8O3S/c1-19(2)37-28(35)33-12-8-21(9-13-33)20(3)11-15-36-22-16-31-27(32-17-22)34-14-10-24(26(30)18-34)23-6-4-5-7-25(23)29;1-6-2-4-7(5-3-6)11(8,9)10/h4-7,16-17,19-21,24,26H,8-15,18,30H2,1-3H3;2-5H,1H3,(H,8,9,10)/t20-,24+,26-;/m1./s1. The zero-order valence-electron chi connectivity index (χ0n) is 28.2. The summed E-state index contributed by atoms with van der Waals surface area (Å²) in [6.07, 6.45) is 6.78. The Hall–Kier alpha value is -3.81. The van der Waals surface area contributed by atoms with Crippen LogP contribution in [0.5, 0.6) is 5.75 Å². The van der Waals surface area contributed by atoms with Crippen molar-refractivity contribution in [2.75, 3.05) is 37.7 Å². The second-order valence-corrected chi connectivity index (χ2v) is 14.3. The topological polar surface area (TPSA) is 148 Å². The number of likely N-dealkylation sites (tertiary alicyclic amines) is 1. The molecule has 0 bridgehead atoms. The third-order valence-corrected chi connectivity index (χ3v) is 9.83. The van der Waals surface area contributed by atoms with Crippen molar-refractivity contribution >= 4 is 22.2 Å². The Morgan fingerprint density at radius 1 is 1.02 bits per heavy atom. The van der Waals surface area contributed by atoms with Crippen LogP contribution in [0.3, 0.4) is 0 Å². The van der Waals surface area contributed by atoms with Crippen LogP contribution >= 0.6 is 0 Å². The molecule has 2 saturated heterocycles. The van der Waals surface area contributed by atoms with Gasteiger partial charge in [0.15, 0.2) is 5.75 Å². The van der Waals surface area contributed by atoms with Gasteiger partial charge in [-0.2, -0.15) is 8.42 Å². The van der Waals surface area contributed by atoms with Crippen molar-refractivity contribution in [2.24, 2.45) is 17.6 Å². The van der Waals surface area contributed by atoms with Gasteiger partial charge in [0.25, 0.3) is 10.1 Å². The van der Waals surface area contributed by atoms with Gasteiger partial charge in [0, 0.05) is 38.1 Å². The quantitative estimate of drug-likeness (QED) is 0.263. The Bertz CT molecular complexity index is 1570. The summed E-state index contributed by atoms with van der Waals surface area (Å²) in [5.41, 5.74) is 8.06. The third-order valence-electron chi connectivity index (χ3n) is 8.96. The minimum atomic E-state index is -4.02. The molecule has 13 heteroatoms. The number of amides is 1. The van der Waals surface area contributed by atoms with Gasteiger partial charge in [-0.1, -0.05) is 42.8 Å². The van der Waals surface area contributed by atoms with E-state index in [1.165, 1.54) is 18.2 Å². The molecule has 1 amide bonds. The lowest BCUT2D eigenvalue weighted by atomic mass is 9.84. The highest BCUT2D eigenvalue weighted by molar-refractivity contribution is 7.85. The first-order valence-electron chi connectivity index (χ1n) is 16.5. The molecular weight excluding hydrogens is 637 g/mol. The van der Waals surface area contributed by atoms with Gasteiger partial charge in [-0.05, 0) is 82.1 Å². The van der Waals surface area contributed by atoms with E-state index in [1.807, 2.05) is 37.8 Å². The van der Waals surface area contributed by atoms with Gasteiger partial charge in [0.1, 0.15) is 5.82 Å². The average molecular weight is 686 g/mol. The van der Waals surface area contributed by atoms with Crippen molar-refractivity contribution in [1.82, 2.24) is 14.9 Å². The molecule has 0 radical (unpaired) electrons. The van der Waals surface area contributed by atoms with Gasteiger partial charge < -0.3 is 25.0 Å².